The minimum absolute atomic E-state index is 0. The van der Waals surface area contributed by atoms with Crippen molar-refractivity contribution >= 4 is 44.0 Å². The molecule has 4 heterocycles. The number of hydrogen-bond acceptors (Lipinski definition) is 6. The van der Waals surface area contributed by atoms with E-state index in [0.717, 1.165) is 111 Å². The van der Waals surface area contributed by atoms with Gasteiger partial charge in [0.25, 0.3) is 0 Å². The monoisotopic (exact) mass is 1200 g/mol. The molecule has 0 aliphatic rings. The molecule has 0 N–H and O–H groups in total. The summed E-state index contributed by atoms with van der Waals surface area (Å²) in [6, 6.07) is 84.7. The van der Waals surface area contributed by atoms with E-state index in [1.165, 1.54) is 0 Å². The van der Waals surface area contributed by atoms with Gasteiger partial charge in [-0.1, -0.05) is 190 Å². The van der Waals surface area contributed by atoms with Gasteiger partial charge in [-0.2, -0.15) is 0 Å². The smallest absolute Gasteiger partial charge is 0.497 e. The molecule has 0 aliphatic carbocycles. The molecule has 0 aliphatic heterocycles. The van der Waals surface area contributed by atoms with Crippen molar-refractivity contribution in [2.75, 3.05) is 0 Å². The van der Waals surface area contributed by atoms with Crippen molar-refractivity contribution in [1.82, 2.24) is 29.1 Å². The van der Waals surface area contributed by atoms with E-state index in [9.17, 15) is 0 Å². The molecule has 14 aromatic rings. The summed E-state index contributed by atoms with van der Waals surface area (Å²) in [5, 5.41) is 1.78. The van der Waals surface area contributed by atoms with Gasteiger partial charge >= 0.3 is 21.1 Å². The van der Waals surface area contributed by atoms with E-state index >= 15 is 0 Å². The van der Waals surface area contributed by atoms with E-state index in [0.29, 0.717) is 28.5 Å². The third-order valence-electron chi connectivity index (χ3n) is 14.4. The molecule has 0 spiro atoms. The molecule has 0 saturated carbocycles. The van der Waals surface area contributed by atoms with Crippen LogP contribution in [0.3, 0.4) is 0 Å². The Kier molecular flexibility index (Phi) is 12.5. The molecular weight excluding hydrogens is 1150 g/mol. The zero-order chi connectivity index (χ0) is 52.3. The topological polar surface area (TPSA) is 83.8 Å². The first kappa shape index (κ1) is 49.1. The summed E-state index contributed by atoms with van der Waals surface area (Å²) >= 11 is 0. The van der Waals surface area contributed by atoms with E-state index in [1.54, 1.807) is 0 Å². The van der Waals surface area contributed by atoms with Crippen molar-refractivity contribution in [2.24, 2.45) is 0 Å². The van der Waals surface area contributed by atoms with Gasteiger partial charge in [0.1, 0.15) is 11.4 Å². The second-order valence-corrected chi connectivity index (χ2v) is 20.5. The molecule has 79 heavy (non-hydrogen) atoms. The van der Waals surface area contributed by atoms with E-state index in [-0.39, 0.29) is 26.5 Å². The fourth-order valence-electron chi connectivity index (χ4n) is 10.6. The molecule has 380 valence electrons. The number of aromatic nitrogens is 6. The van der Waals surface area contributed by atoms with E-state index in [2.05, 4.69) is 222 Å². The van der Waals surface area contributed by atoms with Gasteiger partial charge < -0.3 is 18.3 Å². The van der Waals surface area contributed by atoms with Crippen LogP contribution in [0, 0.1) is 12.1 Å². The van der Waals surface area contributed by atoms with Crippen molar-refractivity contribution in [2.45, 2.75) is 26.2 Å². The number of hydrogen-bond donors (Lipinski definition) is 0. The van der Waals surface area contributed by atoms with Crippen LogP contribution in [-0.4, -0.2) is 29.1 Å². The summed E-state index contributed by atoms with van der Waals surface area (Å²) in [5.74, 6) is 3.12. The Labute approximate surface area is 471 Å². The van der Waals surface area contributed by atoms with Gasteiger partial charge in [0.2, 0.25) is 0 Å². The van der Waals surface area contributed by atoms with Crippen molar-refractivity contribution < 1.29 is 30.2 Å². The van der Waals surface area contributed by atoms with E-state index in [1.807, 2.05) is 67.0 Å². The molecule has 14 rings (SSSR count). The molecule has 0 amide bonds. The second kappa shape index (κ2) is 20.1. The number of benzene rings is 10. The first-order valence-corrected chi connectivity index (χ1v) is 26.1. The summed E-state index contributed by atoms with van der Waals surface area (Å²) < 4.78 is 18.4. The quantitative estimate of drug-likeness (QED) is 0.127. The second-order valence-electron chi connectivity index (χ2n) is 20.5. The van der Waals surface area contributed by atoms with Gasteiger partial charge in [0.15, 0.2) is 0 Å². The van der Waals surface area contributed by atoms with Crippen LogP contribution in [-0.2, 0) is 26.5 Å². The average molecular weight is 1200 g/mol. The maximum atomic E-state index is 7.08. The zero-order valence-electron chi connectivity index (χ0n) is 43.3. The molecule has 4 aromatic heterocycles. The Morgan fingerprint density at radius 2 is 0.962 bits per heavy atom. The van der Waals surface area contributed by atoms with Crippen LogP contribution in [0.4, 0.5) is 0 Å². The van der Waals surface area contributed by atoms with E-state index < -0.39 is 0 Å². The molecule has 0 fully saturated rings. The molecule has 10 aromatic carbocycles. The van der Waals surface area contributed by atoms with Gasteiger partial charge in [0.05, 0.1) is 45.0 Å². The summed E-state index contributed by atoms with van der Waals surface area (Å²) in [6.07, 6.45) is 3.82. The Morgan fingerprint density at radius 1 is 0.443 bits per heavy atom. The Balaban J connectivity index is 0.00000591. The van der Waals surface area contributed by atoms with Crippen LogP contribution in [0.25, 0.3) is 123 Å². The van der Waals surface area contributed by atoms with E-state index in [4.69, 9.17) is 19.1 Å². The number of imidazole rings is 2. The molecule has 8 nitrogen and oxygen atoms in total. The number of nitrogens with zero attached hydrogens (tertiary/aromatic N) is 6. The first-order chi connectivity index (χ1) is 38.3. The molecular formula is C70H48N6O2Pt. The normalized spacial score (nSPS) is 11.6. The standard InChI is InChI=1S/C70H48N6O2.Pt/c1-70(2,3)69-71-43-52(44-72-69)46-35-33-45(34-36-46)49-37-38-64-56(40-49)57-41-51(68-74-59-28-13-17-32-63(59)76(68)61-30-15-11-26-55(61)48-21-8-5-9-22-48)42-65(66(57)78-64)77-53-24-18-23-50(39-53)67-73-58-27-12-16-31-62(58)75(67)60-29-14-10-25-54(60)47-19-6-4-7-20-47;/h4-38,40-41,43-44H,1-3H3;/q-2;+2. The van der Waals surface area contributed by atoms with Crippen LogP contribution < -0.4 is 4.74 Å². The molecule has 0 radical (unpaired) electrons. The van der Waals surface area contributed by atoms with Crippen molar-refractivity contribution in [3.8, 4) is 90.2 Å². The minimum Gasteiger partial charge on any atom is -0.497 e. The maximum absolute atomic E-state index is 7.08. The molecule has 9 heteroatoms. The fourth-order valence-corrected chi connectivity index (χ4v) is 10.6. The summed E-state index contributed by atoms with van der Waals surface area (Å²) in [7, 11) is 0. The predicted octanol–water partition coefficient (Wildman–Crippen LogP) is 17.7. The molecule has 0 saturated heterocycles. The summed E-state index contributed by atoms with van der Waals surface area (Å²) in [5.41, 5.74) is 16.7. The summed E-state index contributed by atoms with van der Waals surface area (Å²) in [4.78, 5) is 20.0. The van der Waals surface area contributed by atoms with Gasteiger partial charge in [-0.3, -0.25) is 9.97 Å². The number of para-hydroxylation sites is 6. The van der Waals surface area contributed by atoms with Crippen LogP contribution in [0.1, 0.15) is 26.6 Å². The van der Waals surface area contributed by atoms with Crippen LogP contribution in [0.2, 0.25) is 0 Å². The van der Waals surface area contributed by atoms with Gasteiger partial charge in [0, 0.05) is 57.0 Å². The third kappa shape index (κ3) is 9.00. The number of furan rings is 1. The molecule has 0 atom stereocenters. The number of fused-ring (bicyclic) bond motifs is 5. The SMILES string of the molecule is CC(C)(C)c1ncc(-c2ccc(-c3ccc4oc5c(Oc6[c-]c(-c7nc8ccccc8n7-c7ccccc7-c7ccccc7)ccc6)[c-]c(-c6nc7ccccc7n6-c6ccccc6-c6ccccc6)cc5c4c3)cc2)cn1.[Pt+2]. The van der Waals surface area contributed by atoms with Gasteiger partial charge in [-0.05, 0) is 76.3 Å². The average Bonchev–Trinajstić information content (AvgIpc) is 4.36. The Hall–Kier alpha value is -9.49. The molecule has 0 unspecified atom stereocenters. The van der Waals surface area contributed by atoms with Gasteiger partial charge in [-0.15, -0.1) is 35.4 Å². The zero-order valence-corrected chi connectivity index (χ0v) is 45.6. The summed E-state index contributed by atoms with van der Waals surface area (Å²) in [6.45, 7) is 6.37. The van der Waals surface area contributed by atoms with Crippen molar-refractivity contribution in [3.05, 3.63) is 255 Å². The van der Waals surface area contributed by atoms with Crippen LogP contribution in [0.5, 0.6) is 11.5 Å². The largest absolute Gasteiger partial charge is 2.00 e. The Morgan fingerprint density at radius 3 is 1.56 bits per heavy atom. The Bertz CT molecular complexity index is 4560. The first-order valence-electron chi connectivity index (χ1n) is 26.1. The number of ether oxygens (including phenoxy) is 1. The predicted molar refractivity (Wildman–Crippen MR) is 314 cm³/mol. The number of rotatable bonds is 10. The minimum atomic E-state index is -0.131. The van der Waals surface area contributed by atoms with Crippen LogP contribution >= 0.6 is 0 Å². The maximum Gasteiger partial charge on any atom is 2.00 e. The third-order valence-corrected chi connectivity index (χ3v) is 14.4. The fraction of sp³-hybridized carbons (Fsp3) is 0.0571. The van der Waals surface area contributed by atoms with Crippen LogP contribution in [0.15, 0.2) is 241 Å². The van der Waals surface area contributed by atoms with Crippen molar-refractivity contribution in [1.29, 1.82) is 0 Å². The van der Waals surface area contributed by atoms with Gasteiger partial charge in [-0.25, -0.2) is 9.97 Å². The van der Waals surface area contributed by atoms with Crippen molar-refractivity contribution in [3.63, 3.8) is 0 Å². The molecule has 0 bridgehead atoms.